The topological polar surface area (TPSA) is 69.4 Å². The molecule has 0 spiro atoms. The van der Waals surface area contributed by atoms with Gasteiger partial charge in [0.15, 0.2) is 5.76 Å². The summed E-state index contributed by atoms with van der Waals surface area (Å²) >= 11 is 0. The molecule has 0 aliphatic heterocycles. The number of rotatable bonds is 3. The van der Waals surface area contributed by atoms with E-state index in [2.05, 4.69) is 4.98 Å². The fourth-order valence-corrected chi connectivity index (χ4v) is 2.75. The van der Waals surface area contributed by atoms with E-state index in [1.54, 1.807) is 42.6 Å². The van der Waals surface area contributed by atoms with Gasteiger partial charge >= 0.3 is 5.97 Å². The number of aromatic nitrogens is 1. The highest BCUT2D eigenvalue weighted by Gasteiger charge is 2.21. The number of benzene rings is 2. The summed E-state index contributed by atoms with van der Waals surface area (Å²) in [5, 5.41) is 0.349. The lowest BCUT2D eigenvalue weighted by atomic mass is 10.1. The van der Waals surface area contributed by atoms with Gasteiger partial charge in [0, 0.05) is 18.0 Å². The van der Waals surface area contributed by atoms with Crippen LogP contribution in [0.15, 0.2) is 82.3 Å². The molecule has 0 bridgehead atoms. The number of para-hydroxylation sites is 1. The Morgan fingerprint density at radius 1 is 1.00 bits per heavy atom. The molecule has 0 radical (unpaired) electrons. The van der Waals surface area contributed by atoms with Gasteiger partial charge in [-0.05, 0) is 31.2 Å². The Labute approximate surface area is 154 Å². The Morgan fingerprint density at radius 3 is 2.52 bits per heavy atom. The van der Waals surface area contributed by atoms with Crippen LogP contribution in [0.4, 0.5) is 0 Å². The highest BCUT2D eigenvalue weighted by molar-refractivity contribution is 5.92. The maximum absolute atomic E-state index is 13.0. The van der Waals surface area contributed by atoms with Crippen molar-refractivity contribution >= 4 is 16.9 Å². The van der Waals surface area contributed by atoms with Crippen LogP contribution >= 0.6 is 0 Å². The van der Waals surface area contributed by atoms with Crippen molar-refractivity contribution in [3.05, 3.63) is 94.4 Å². The Morgan fingerprint density at radius 2 is 1.78 bits per heavy atom. The average molecular weight is 357 g/mol. The van der Waals surface area contributed by atoms with Crippen molar-refractivity contribution in [2.75, 3.05) is 0 Å². The summed E-state index contributed by atoms with van der Waals surface area (Å²) in [6.07, 6.45) is 2.94. The maximum atomic E-state index is 13.0. The molecule has 0 saturated carbocycles. The Hall–Kier alpha value is -3.73. The van der Waals surface area contributed by atoms with E-state index in [0.717, 1.165) is 5.56 Å². The number of fused-ring (bicyclic) bond motifs is 1. The highest BCUT2D eigenvalue weighted by atomic mass is 16.5. The van der Waals surface area contributed by atoms with Crippen molar-refractivity contribution in [1.82, 2.24) is 4.98 Å². The lowest BCUT2D eigenvalue weighted by molar-refractivity contribution is 0.0731. The molecule has 0 aliphatic rings. The van der Waals surface area contributed by atoms with Gasteiger partial charge in [0.1, 0.15) is 5.58 Å². The second kappa shape index (κ2) is 6.88. The predicted octanol–water partition coefficient (Wildman–Crippen LogP) is 4.38. The predicted molar refractivity (Wildman–Crippen MR) is 102 cm³/mol. The molecule has 0 N–H and O–H groups in total. The molecular weight excluding hydrogens is 342 g/mol. The number of pyridine rings is 1. The molecule has 0 fully saturated rings. The van der Waals surface area contributed by atoms with Crippen LogP contribution in [0.3, 0.4) is 0 Å². The number of esters is 1. The number of hydrogen-bond donors (Lipinski definition) is 0. The van der Waals surface area contributed by atoms with Crippen LogP contribution < -0.4 is 10.2 Å². The molecule has 0 unspecified atom stereocenters. The van der Waals surface area contributed by atoms with Crippen LogP contribution in [0.25, 0.3) is 22.3 Å². The number of nitrogens with zero attached hydrogens (tertiary/aromatic N) is 1. The average Bonchev–Trinajstić information content (AvgIpc) is 2.71. The molecule has 4 rings (SSSR count). The van der Waals surface area contributed by atoms with Crippen LogP contribution in [-0.4, -0.2) is 11.0 Å². The van der Waals surface area contributed by atoms with E-state index in [1.807, 2.05) is 31.2 Å². The second-order valence-corrected chi connectivity index (χ2v) is 6.08. The van der Waals surface area contributed by atoms with Crippen LogP contribution in [0, 0.1) is 6.92 Å². The molecule has 2 aromatic carbocycles. The minimum absolute atomic E-state index is 0.133. The lowest BCUT2D eigenvalue weighted by Crippen LogP contribution is -2.16. The van der Waals surface area contributed by atoms with Gasteiger partial charge in [-0.15, -0.1) is 0 Å². The van der Waals surface area contributed by atoms with Crippen LogP contribution in [-0.2, 0) is 0 Å². The first-order valence-corrected chi connectivity index (χ1v) is 8.38. The zero-order chi connectivity index (χ0) is 18.8. The number of ether oxygens (including phenoxy) is 1. The molecule has 2 aromatic heterocycles. The van der Waals surface area contributed by atoms with Gasteiger partial charge in [-0.3, -0.25) is 9.78 Å². The molecular formula is C22H15NO4. The molecule has 0 saturated heterocycles. The van der Waals surface area contributed by atoms with E-state index in [1.165, 1.54) is 6.20 Å². The summed E-state index contributed by atoms with van der Waals surface area (Å²) in [6, 6.07) is 17.5. The fourth-order valence-electron chi connectivity index (χ4n) is 2.75. The highest BCUT2D eigenvalue weighted by Crippen LogP contribution is 2.31. The summed E-state index contributed by atoms with van der Waals surface area (Å²) in [6.45, 7) is 1.96. The molecule has 5 nitrogen and oxygen atoms in total. The third-order valence-corrected chi connectivity index (χ3v) is 4.16. The summed E-state index contributed by atoms with van der Waals surface area (Å²) < 4.78 is 11.4. The smallest absolute Gasteiger partial charge is 0.345 e. The third-order valence-electron chi connectivity index (χ3n) is 4.16. The molecule has 0 aliphatic carbocycles. The van der Waals surface area contributed by atoms with Gasteiger partial charge in [0.2, 0.25) is 11.2 Å². The first-order chi connectivity index (χ1) is 13.1. The fraction of sp³-hybridized carbons (Fsp3) is 0.0455. The van der Waals surface area contributed by atoms with Gasteiger partial charge in [0.05, 0.1) is 10.9 Å². The van der Waals surface area contributed by atoms with Crippen LogP contribution in [0.1, 0.15) is 15.9 Å². The normalized spacial score (nSPS) is 10.7. The quantitative estimate of drug-likeness (QED) is 0.509. The number of aryl methyl sites for hydroxylation is 1. The van der Waals surface area contributed by atoms with Crippen LogP contribution in [0.5, 0.6) is 5.75 Å². The summed E-state index contributed by atoms with van der Waals surface area (Å²) in [5.41, 5.74) is 2.00. The molecule has 132 valence electrons. The zero-order valence-electron chi connectivity index (χ0n) is 14.5. The first kappa shape index (κ1) is 16.7. The van der Waals surface area contributed by atoms with Crippen molar-refractivity contribution < 1.29 is 13.9 Å². The van der Waals surface area contributed by atoms with E-state index >= 15 is 0 Å². The Bertz CT molecular complexity index is 1180. The Kier molecular flexibility index (Phi) is 4.26. The van der Waals surface area contributed by atoms with E-state index < -0.39 is 11.4 Å². The summed E-state index contributed by atoms with van der Waals surface area (Å²) in [7, 11) is 0. The van der Waals surface area contributed by atoms with Crippen molar-refractivity contribution in [2.45, 2.75) is 6.92 Å². The largest absolute Gasteiger partial charge is 0.452 e. The van der Waals surface area contributed by atoms with Gasteiger partial charge in [0.25, 0.3) is 0 Å². The molecule has 27 heavy (non-hydrogen) atoms. The third kappa shape index (κ3) is 3.22. The minimum atomic E-state index is -0.668. The zero-order valence-corrected chi connectivity index (χ0v) is 14.5. The van der Waals surface area contributed by atoms with Gasteiger partial charge in [-0.25, -0.2) is 4.79 Å². The molecule has 0 atom stereocenters. The van der Waals surface area contributed by atoms with Gasteiger partial charge in [-0.2, -0.15) is 0 Å². The van der Waals surface area contributed by atoms with E-state index in [0.29, 0.717) is 16.5 Å². The SMILES string of the molecule is Cc1ccc(-c2oc3ccccc3c(=O)c2OC(=O)c2cccnc2)cc1. The minimum Gasteiger partial charge on any atom is -0.452 e. The molecule has 5 heteroatoms. The van der Waals surface area contributed by atoms with Crippen molar-refractivity contribution in [3.63, 3.8) is 0 Å². The molecule has 2 heterocycles. The maximum Gasteiger partial charge on any atom is 0.345 e. The number of hydrogen-bond acceptors (Lipinski definition) is 5. The van der Waals surface area contributed by atoms with E-state index in [-0.39, 0.29) is 17.1 Å². The second-order valence-electron chi connectivity index (χ2n) is 6.08. The standard InChI is InChI=1S/C22H15NO4/c1-14-8-10-15(11-9-14)20-21(27-22(25)16-5-4-12-23-13-16)19(24)17-6-2-3-7-18(17)26-20/h2-13H,1H3. The lowest BCUT2D eigenvalue weighted by Gasteiger charge is -2.10. The summed E-state index contributed by atoms with van der Waals surface area (Å²) in [5.74, 6) is -0.582. The number of carbonyl (C=O) groups excluding carboxylic acids is 1. The van der Waals surface area contributed by atoms with Crippen molar-refractivity contribution in [1.29, 1.82) is 0 Å². The van der Waals surface area contributed by atoms with Crippen molar-refractivity contribution in [3.8, 4) is 17.1 Å². The van der Waals surface area contributed by atoms with E-state index in [9.17, 15) is 9.59 Å². The first-order valence-electron chi connectivity index (χ1n) is 8.38. The van der Waals surface area contributed by atoms with Crippen LogP contribution in [0.2, 0.25) is 0 Å². The molecule has 4 aromatic rings. The van der Waals surface area contributed by atoms with Gasteiger partial charge < -0.3 is 9.15 Å². The van der Waals surface area contributed by atoms with Crippen molar-refractivity contribution in [2.24, 2.45) is 0 Å². The number of carbonyl (C=O) groups is 1. The molecule has 0 amide bonds. The Balaban J connectivity index is 1.90. The van der Waals surface area contributed by atoms with Gasteiger partial charge in [-0.1, -0.05) is 42.0 Å². The summed E-state index contributed by atoms with van der Waals surface area (Å²) in [4.78, 5) is 29.4. The van der Waals surface area contributed by atoms with E-state index in [4.69, 9.17) is 9.15 Å². The monoisotopic (exact) mass is 357 g/mol.